The first-order valence-electron chi connectivity index (χ1n) is 9.40. The van der Waals surface area contributed by atoms with Crippen LogP contribution < -0.4 is 5.32 Å². The van der Waals surface area contributed by atoms with E-state index < -0.39 is 17.9 Å². The van der Waals surface area contributed by atoms with Gasteiger partial charge in [-0.1, -0.05) is 77.8 Å². The molecule has 0 heterocycles. The zero-order valence-corrected chi connectivity index (χ0v) is 18.1. The van der Waals surface area contributed by atoms with E-state index in [-0.39, 0.29) is 22.0 Å². The lowest BCUT2D eigenvalue weighted by atomic mass is 9.97. The zero-order chi connectivity index (χ0) is 22.4. The van der Waals surface area contributed by atoms with Gasteiger partial charge in [0.1, 0.15) is 6.04 Å². The third-order valence-corrected chi connectivity index (χ3v) is 5.40. The summed E-state index contributed by atoms with van der Waals surface area (Å²) in [5.41, 5.74) is 3.17. The van der Waals surface area contributed by atoms with Crippen molar-refractivity contribution < 1.29 is 19.1 Å². The molecule has 3 aromatic carbocycles. The molecular weight excluding hydrogens is 437 g/mol. The molecule has 0 fully saturated rings. The van der Waals surface area contributed by atoms with Gasteiger partial charge in [-0.3, -0.25) is 9.59 Å². The Morgan fingerprint density at radius 2 is 1.61 bits per heavy atom. The summed E-state index contributed by atoms with van der Waals surface area (Å²) in [4.78, 5) is 36.3. The molecule has 3 rings (SSSR count). The van der Waals surface area contributed by atoms with Gasteiger partial charge in [0.2, 0.25) is 0 Å². The van der Waals surface area contributed by atoms with Gasteiger partial charge in [-0.05, 0) is 28.8 Å². The summed E-state index contributed by atoms with van der Waals surface area (Å²) in [6, 6.07) is 18.5. The van der Waals surface area contributed by atoms with E-state index in [4.69, 9.17) is 27.9 Å². The Bertz CT molecular complexity index is 1090. The Hall–Kier alpha value is -3.15. The van der Waals surface area contributed by atoms with Crippen molar-refractivity contribution in [3.63, 3.8) is 0 Å². The van der Waals surface area contributed by atoms with Crippen LogP contribution in [0.3, 0.4) is 0 Å². The topological polar surface area (TPSA) is 72.5 Å². The maximum atomic E-state index is 12.7. The van der Waals surface area contributed by atoms with E-state index in [9.17, 15) is 14.4 Å². The number of nitrogens with one attached hydrogen (secondary N) is 1. The molecule has 0 unspecified atom stereocenters. The summed E-state index contributed by atoms with van der Waals surface area (Å²) < 4.78 is 4.85. The second-order valence-corrected chi connectivity index (χ2v) is 7.57. The van der Waals surface area contributed by atoms with Gasteiger partial charge in [0.15, 0.2) is 6.29 Å². The van der Waals surface area contributed by atoms with Crippen molar-refractivity contribution in [2.75, 3.05) is 7.11 Å². The third-order valence-electron chi connectivity index (χ3n) is 4.77. The molecule has 0 aliphatic heterocycles. The second kappa shape index (κ2) is 10.2. The van der Waals surface area contributed by atoms with Gasteiger partial charge in [0.25, 0.3) is 5.91 Å². The van der Waals surface area contributed by atoms with Crippen molar-refractivity contribution >= 4 is 41.4 Å². The number of methoxy groups -OCH3 is 1. The number of ether oxygens (including phenoxy) is 1. The van der Waals surface area contributed by atoms with Gasteiger partial charge < -0.3 is 10.1 Å². The number of carbonyl (C=O) groups excluding carboxylic acids is 3. The molecule has 1 N–H and O–H groups in total. The quantitative estimate of drug-likeness (QED) is 0.402. The fourth-order valence-electron chi connectivity index (χ4n) is 3.20. The molecule has 5 nitrogen and oxygen atoms in total. The lowest BCUT2D eigenvalue weighted by Gasteiger charge is -2.18. The van der Waals surface area contributed by atoms with Gasteiger partial charge >= 0.3 is 5.97 Å². The first kappa shape index (κ1) is 22.5. The van der Waals surface area contributed by atoms with E-state index in [0.29, 0.717) is 5.56 Å². The van der Waals surface area contributed by atoms with Crippen LogP contribution in [0, 0.1) is 0 Å². The van der Waals surface area contributed by atoms with Crippen LogP contribution in [0.2, 0.25) is 10.0 Å². The highest BCUT2D eigenvalue weighted by Gasteiger charge is 2.25. The molecule has 0 spiro atoms. The van der Waals surface area contributed by atoms with Crippen LogP contribution in [0.15, 0.2) is 66.7 Å². The fourth-order valence-corrected chi connectivity index (χ4v) is 3.77. The molecular formula is C24H19Cl2NO4. The van der Waals surface area contributed by atoms with Crippen LogP contribution >= 0.6 is 23.2 Å². The molecule has 0 aliphatic carbocycles. The van der Waals surface area contributed by atoms with Gasteiger partial charge in [0, 0.05) is 12.0 Å². The molecule has 0 saturated heterocycles. The van der Waals surface area contributed by atoms with Crippen molar-refractivity contribution in [1.29, 1.82) is 0 Å². The van der Waals surface area contributed by atoms with E-state index in [0.717, 1.165) is 23.0 Å². The Balaban J connectivity index is 1.81. The summed E-state index contributed by atoms with van der Waals surface area (Å²) in [6.45, 7) is 0. The highest BCUT2D eigenvalue weighted by atomic mass is 35.5. The number of carbonyl (C=O) groups is 3. The van der Waals surface area contributed by atoms with Crippen molar-refractivity contribution in [2.45, 2.75) is 12.5 Å². The Morgan fingerprint density at radius 3 is 2.23 bits per heavy atom. The average molecular weight is 456 g/mol. The van der Waals surface area contributed by atoms with E-state index in [1.165, 1.54) is 7.11 Å². The number of halogens is 2. The minimum Gasteiger partial charge on any atom is -0.467 e. The van der Waals surface area contributed by atoms with Crippen LogP contribution in [-0.2, 0) is 16.0 Å². The Morgan fingerprint density at radius 1 is 0.968 bits per heavy atom. The monoisotopic (exact) mass is 455 g/mol. The zero-order valence-electron chi connectivity index (χ0n) is 16.6. The normalized spacial score (nSPS) is 11.5. The Labute approximate surface area is 189 Å². The lowest BCUT2D eigenvalue weighted by molar-refractivity contribution is -0.142. The molecule has 3 aromatic rings. The smallest absolute Gasteiger partial charge is 0.328 e. The molecule has 0 radical (unpaired) electrons. The molecule has 0 saturated carbocycles. The van der Waals surface area contributed by atoms with Crippen LogP contribution in [0.5, 0.6) is 0 Å². The largest absolute Gasteiger partial charge is 0.467 e. The molecule has 1 amide bonds. The van der Waals surface area contributed by atoms with E-state index in [2.05, 4.69) is 5.32 Å². The van der Waals surface area contributed by atoms with E-state index >= 15 is 0 Å². The first-order chi connectivity index (χ1) is 14.9. The summed E-state index contributed by atoms with van der Waals surface area (Å²) >= 11 is 12.2. The number of hydrogen-bond donors (Lipinski definition) is 1. The highest BCUT2D eigenvalue weighted by molar-refractivity contribution is 6.39. The van der Waals surface area contributed by atoms with Crippen molar-refractivity contribution in [2.24, 2.45) is 0 Å². The Kier molecular flexibility index (Phi) is 7.45. The minimum atomic E-state index is -0.932. The maximum Gasteiger partial charge on any atom is 0.328 e. The number of aldehydes is 1. The van der Waals surface area contributed by atoms with E-state index in [1.807, 2.05) is 36.4 Å². The number of amides is 1. The molecule has 0 aliphatic rings. The molecule has 31 heavy (non-hydrogen) atoms. The predicted octanol–water partition coefficient (Wildman–Crippen LogP) is 4.99. The van der Waals surface area contributed by atoms with Crippen molar-refractivity contribution in [1.82, 2.24) is 5.32 Å². The number of esters is 1. The summed E-state index contributed by atoms with van der Waals surface area (Å²) in [6.07, 6.45) is 1.02. The molecule has 158 valence electrons. The average Bonchev–Trinajstić information content (AvgIpc) is 2.78. The third kappa shape index (κ3) is 5.32. The molecule has 1 atom stereocenters. The number of benzene rings is 3. The summed E-state index contributed by atoms with van der Waals surface area (Å²) in [7, 11) is 1.25. The van der Waals surface area contributed by atoms with Crippen molar-refractivity contribution in [3.05, 3.63) is 93.5 Å². The molecule has 0 bridgehead atoms. The van der Waals surface area contributed by atoms with Crippen LogP contribution in [-0.4, -0.2) is 31.3 Å². The number of hydrogen-bond acceptors (Lipinski definition) is 4. The standard InChI is InChI=1S/C24H19Cl2NO4/c1-31-24(30)21(27-23(29)22-19(25)7-4-8-20(22)26)13-15-9-11-16(12-10-15)18-6-3-2-5-17(18)14-28/h2-12,14,21H,13H2,1H3,(H,27,29)/t21-/m0/s1. The lowest BCUT2D eigenvalue weighted by Crippen LogP contribution is -2.43. The molecule has 7 heteroatoms. The van der Waals surface area contributed by atoms with Crippen molar-refractivity contribution in [3.8, 4) is 11.1 Å². The minimum absolute atomic E-state index is 0.0977. The first-order valence-corrected chi connectivity index (χ1v) is 10.2. The predicted molar refractivity (Wildman–Crippen MR) is 121 cm³/mol. The fraction of sp³-hybridized carbons (Fsp3) is 0.125. The molecule has 0 aromatic heterocycles. The second-order valence-electron chi connectivity index (χ2n) is 6.75. The highest BCUT2D eigenvalue weighted by Crippen LogP contribution is 2.25. The van der Waals surface area contributed by atoms with Gasteiger partial charge in [-0.15, -0.1) is 0 Å². The van der Waals surface area contributed by atoms with Crippen LogP contribution in [0.4, 0.5) is 0 Å². The van der Waals surface area contributed by atoms with Gasteiger partial charge in [0.05, 0.1) is 22.7 Å². The summed E-state index contributed by atoms with van der Waals surface area (Å²) in [5.74, 6) is -1.16. The van der Waals surface area contributed by atoms with Crippen LogP contribution in [0.1, 0.15) is 26.3 Å². The van der Waals surface area contributed by atoms with Crippen LogP contribution in [0.25, 0.3) is 11.1 Å². The maximum absolute atomic E-state index is 12.7. The summed E-state index contributed by atoms with van der Waals surface area (Å²) in [5, 5.41) is 3.02. The van der Waals surface area contributed by atoms with E-state index in [1.54, 1.807) is 30.3 Å². The number of rotatable bonds is 7. The van der Waals surface area contributed by atoms with Gasteiger partial charge in [-0.25, -0.2) is 4.79 Å². The van der Waals surface area contributed by atoms with Gasteiger partial charge in [-0.2, -0.15) is 0 Å². The SMILES string of the molecule is COC(=O)[C@H](Cc1ccc(-c2ccccc2C=O)cc1)NC(=O)c1c(Cl)cccc1Cl.